The molecule has 1 aliphatic rings. The molecule has 3 rings (SSSR count). The number of pyridine rings is 1. The van der Waals surface area contributed by atoms with Gasteiger partial charge in [-0.3, -0.25) is 9.36 Å². The average Bonchev–Trinajstić information content (AvgIpc) is 3.21. The second kappa shape index (κ2) is 9.50. The molecule has 0 saturated carbocycles. The third kappa shape index (κ3) is 5.20. The van der Waals surface area contributed by atoms with Gasteiger partial charge in [0.2, 0.25) is 0 Å². The van der Waals surface area contributed by atoms with Gasteiger partial charge in [-0.15, -0.1) is 24.8 Å². The minimum atomic E-state index is -0.0642. The average molecular weight is 358 g/mol. The highest BCUT2D eigenvalue weighted by Gasteiger charge is 2.14. The van der Waals surface area contributed by atoms with Gasteiger partial charge in [0, 0.05) is 25.1 Å². The van der Waals surface area contributed by atoms with E-state index in [0.29, 0.717) is 18.0 Å². The molecule has 0 bridgehead atoms. The topological polar surface area (TPSA) is 71.8 Å². The number of nitrogens with zero attached hydrogens (tertiary/aromatic N) is 3. The van der Waals surface area contributed by atoms with Gasteiger partial charge in [0.1, 0.15) is 12.1 Å². The lowest BCUT2D eigenvalue weighted by Crippen LogP contribution is -2.26. The van der Waals surface area contributed by atoms with Gasteiger partial charge in [0.05, 0.1) is 5.56 Å². The molecule has 1 aliphatic heterocycles. The van der Waals surface area contributed by atoms with Crippen LogP contribution in [0.25, 0.3) is 5.82 Å². The molecule has 126 valence electrons. The Morgan fingerprint density at radius 3 is 2.87 bits per heavy atom. The van der Waals surface area contributed by atoms with E-state index < -0.39 is 0 Å². The fourth-order valence-corrected chi connectivity index (χ4v) is 2.52. The molecule has 2 N–H and O–H groups in total. The van der Waals surface area contributed by atoms with Crippen molar-refractivity contribution in [3.8, 4) is 5.82 Å². The molecule has 0 aliphatic carbocycles. The minimum Gasteiger partial charge on any atom is -0.352 e. The molecule has 2 aromatic heterocycles. The van der Waals surface area contributed by atoms with Gasteiger partial charge in [0.15, 0.2) is 0 Å². The standard InChI is InChI=1S/C15H19N5O.2ClH/c21-15(18-6-4-12-3-5-16-9-12)13-1-2-14(19-10-13)20-8-7-17-11-20;;/h1-2,7-8,10-12,16H,3-6,9H2,(H,18,21);2*1H. The van der Waals surface area contributed by atoms with E-state index in [1.165, 1.54) is 6.42 Å². The molecule has 1 amide bonds. The Morgan fingerprint density at radius 2 is 2.26 bits per heavy atom. The highest BCUT2D eigenvalue weighted by molar-refractivity contribution is 5.93. The lowest BCUT2D eigenvalue weighted by molar-refractivity contribution is 0.0951. The smallest absolute Gasteiger partial charge is 0.252 e. The zero-order valence-electron chi connectivity index (χ0n) is 12.6. The highest BCUT2D eigenvalue weighted by atomic mass is 35.5. The number of carbonyl (C=O) groups is 1. The fraction of sp³-hybridized carbons (Fsp3) is 0.400. The summed E-state index contributed by atoms with van der Waals surface area (Å²) < 4.78 is 1.80. The van der Waals surface area contributed by atoms with Crippen molar-refractivity contribution in [3.63, 3.8) is 0 Å². The Balaban J connectivity index is 0.00000132. The first kappa shape index (κ1) is 19.4. The molecule has 23 heavy (non-hydrogen) atoms. The molecule has 3 heterocycles. The van der Waals surface area contributed by atoms with Crippen molar-refractivity contribution in [2.75, 3.05) is 19.6 Å². The zero-order chi connectivity index (χ0) is 14.5. The quantitative estimate of drug-likeness (QED) is 0.856. The Kier molecular flexibility index (Phi) is 8.02. The van der Waals surface area contributed by atoms with Crippen LogP contribution in [0.2, 0.25) is 0 Å². The summed E-state index contributed by atoms with van der Waals surface area (Å²) in [6.45, 7) is 2.88. The summed E-state index contributed by atoms with van der Waals surface area (Å²) in [6.07, 6.45) is 9.02. The molecule has 0 radical (unpaired) electrons. The summed E-state index contributed by atoms with van der Waals surface area (Å²) in [5, 5.41) is 6.29. The largest absolute Gasteiger partial charge is 0.352 e. The first-order valence-electron chi connectivity index (χ1n) is 7.26. The Bertz CT molecular complexity index is 582. The van der Waals surface area contributed by atoms with Crippen molar-refractivity contribution < 1.29 is 4.79 Å². The van der Waals surface area contributed by atoms with E-state index in [1.54, 1.807) is 29.4 Å². The second-order valence-electron chi connectivity index (χ2n) is 5.28. The van der Waals surface area contributed by atoms with Gasteiger partial charge in [0.25, 0.3) is 5.91 Å². The predicted octanol–water partition coefficient (Wildman–Crippen LogP) is 1.84. The SMILES string of the molecule is Cl.Cl.O=C(NCCC1CCNC1)c1ccc(-n2ccnc2)nc1. The number of hydrogen-bond donors (Lipinski definition) is 2. The van der Waals surface area contributed by atoms with Crippen molar-refractivity contribution in [1.29, 1.82) is 0 Å². The van der Waals surface area contributed by atoms with Crippen LogP contribution in [-0.4, -0.2) is 40.1 Å². The molecular weight excluding hydrogens is 337 g/mol. The molecule has 1 fully saturated rings. The van der Waals surface area contributed by atoms with Crippen LogP contribution in [0.5, 0.6) is 0 Å². The van der Waals surface area contributed by atoms with Crippen LogP contribution in [0.1, 0.15) is 23.2 Å². The number of amides is 1. The summed E-state index contributed by atoms with van der Waals surface area (Å²) in [6, 6.07) is 3.60. The van der Waals surface area contributed by atoms with Crippen LogP contribution in [0, 0.1) is 5.92 Å². The number of halogens is 2. The van der Waals surface area contributed by atoms with Crippen molar-refractivity contribution in [2.45, 2.75) is 12.8 Å². The lowest BCUT2D eigenvalue weighted by atomic mass is 10.1. The fourth-order valence-electron chi connectivity index (χ4n) is 2.52. The normalized spacial score (nSPS) is 16.3. The molecule has 2 aromatic rings. The Hall–Kier alpha value is -1.63. The number of rotatable bonds is 5. The maximum Gasteiger partial charge on any atom is 0.252 e. The second-order valence-corrected chi connectivity index (χ2v) is 5.28. The first-order valence-corrected chi connectivity index (χ1v) is 7.26. The van der Waals surface area contributed by atoms with E-state index >= 15 is 0 Å². The third-order valence-corrected chi connectivity index (χ3v) is 3.78. The Labute approximate surface area is 147 Å². The molecule has 1 saturated heterocycles. The van der Waals surface area contributed by atoms with Gasteiger partial charge < -0.3 is 10.6 Å². The summed E-state index contributed by atoms with van der Waals surface area (Å²) in [4.78, 5) is 20.3. The molecule has 8 heteroatoms. The van der Waals surface area contributed by atoms with E-state index in [1.807, 2.05) is 12.3 Å². The van der Waals surface area contributed by atoms with Crippen LogP contribution >= 0.6 is 24.8 Å². The first-order chi connectivity index (χ1) is 10.3. The minimum absolute atomic E-state index is 0. The van der Waals surface area contributed by atoms with Crippen LogP contribution in [0.3, 0.4) is 0 Å². The van der Waals surface area contributed by atoms with Gasteiger partial charge >= 0.3 is 0 Å². The summed E-state index contributed by atoms with van der Waals surface area (Å²) >= 11 is 0. The van der Waals surface area contributed by atoms with Crippen molar-refractivity contribution in [2.24, 2.45) is 5.92 Å². The molecule has 0 spiro atoms. The summed E-state index contributed by atoms with van der Waals surface area (Å²) in [7, 11) is 0. The van der Waals surface area contributed by atoms with Gasteiger partial charge in [-0.05, 0) is 44.0 Å². The summed E-state index contributed by atoms with van der Waals surface area (Å²) in [5.41, 5.74) is 0.586. The molecule has 6 nitrogen and oxygen atoms in total. The van der Waals surface area contributed by atoms with E-state index in [0.717, 1.165) is 25.3 Å². The number of imidazole rings is 1. The lowest BCUT2D eigenvalue weighted by Gasteiger charge is -2.09. The molecule has 1 atom stereocenters. The summed E-state index contributed by atoms with van der Waals surface area (Å²) in [5.74, 6) is 1.37. The van der Waals surface area contributed by atoms with Crippen LogP contribution < -0.4 is 10.6 Å². The van der Waals surface area contributed by atoms with E-state index in [-0.39, 0.29) is 30.7 Å². The van der Waals surface area contributed by atoms with Gasteiger partial charge in [-0.25, -0.2) is 9.97 Å². The monoisotopic (exact) mass is 357 g/mol. The molecule has 0 aromatic carbocycles. The van der Waals surface area contributed by atoms with E-state index in [9.17, 15) is 4.79 Å². The van der Waals surface area contributed by atoms with Crippen molar-refractivity contribution in [1.82, 2.24) is 25.2 Å². The highest BCUT2D eigenvalue weighted by Crippen LogP contribution is 2.11. The van der Waals surface area contributed by atoms with Gasteiger partial charge in [-0.2, -0.15) is 0 Å². The van der Waals surface area contributed by atoms with Crippen molar-refractivity contribution >= 4 is 30.7 Å². The number of hydrogen-bond acceptors (Lipinski definition) is 4. The van der Waals surface area contributed by atoms with Gasteiger partial charge in [-0.1, -0.05) is 0 Å². The van der Waals surface area contributed by atoms with E-state index in [4.69, 9.17) is 0 Å². The number of aromatic nitrogens is 3. The zero-order valence-corrected chi connectivity index (χ0v) is 14.3. The predicted molar refractivity (Wildman–Crippen MR) is 93.8 cm³/mol. The maximum absolute atomic E-state index is 12.0. The number of nitrogens with one attached hydrogen (secondary N) is 2. The maximum atomic E-state index is 12.0. The number of carbonyl (C=O) groups excluding carboxylic acids is 1. The molecule has 1 unspecified atom stereocenters. The van der Waals surface area contributed by atoms with Crippen molar-refractivity contribution in [3.05, 3.63) is 42.6 Å². The van der Waals surface area contributed by atoms with Crippen LogP contribution in [-0.2, 0) is 0 Å². The molecular formula is C15H21Cl2N5O. The van der Waals surface area contributed by atoms with Crippen LogP contribution in [0.15, 0.2) is 37.1 Å². The Morgan fingerprint density at radius 1 is 1.39 bits per heavy atom. The van der Waals surface area contributed by atoms with E-state index in [2.05, 4.69) is 20.6 Å². The van der Waals surface area contributed by atoms with Crippen LogP contribution in [0.4, 0.5) is 0 Å². The third-order valence-electron chi connectivity index (χ3n) is 3.78.